The standard InChI is InChI=1S/C8H9FS/c1-6(10)7-2-4-8(9)5-3-7/h2-6,10H,1H3/t6-/m0/s1. The molecule has 54 valence electrons. The van der Waals surface area contributed by atoms with Gasteiger partial charge in [-0.25, -0.2) is 4.39 Å². The van der Waals surface area contributed by atoms with E-state index in [1.165, 1.54) is 12.1 Å². The Morgan fingerprint density at radius 2 is 1.80 bits per heavy atom. The van der Waals surface area contributed by atoms with Gasteiger partial charge in [-0.3, -0.25) is 0 Å². The zero-order valence-electron chi connectivity index (χ0n) is 5.71. The Kier molecular flexibility index (Phi) is 2.33. The Morgan fingerprint density at radius 3 is 2.20 bits per heavy atom. The van der Waals surface area contributed by atoms with Crippen LogP contribution in [0.25, 0.3) is 0 Å². The Labute approximate surface area is 65.5 Å². The maximum absolute atomic E-state index is 12.3. The summed E-state index contributed by atoms with van der Waals surface area (Å²) in [6.07, 6.45) is 0. The highest BCUT2D eigenvalue weighted by molar-refractivity contribution is 7.80. The zero-order valence-corrected chi connectivity index (χ0v) is 6.61. The van der Waals surface area contributed by atoms with E-state index in [0.29, 0.717) is 0 Å². The van der Waals surface area contributed by atoms with E-state index in [1.807, 2.05) is 6.92 Å². The van der Waals surface area contributed by atoms with Crippen LogP contribution in [0.4, 0.5) is 4.39 Å². The van der Waals surface area contributed by atoms with Gasteiger partial charge in [-0.05, 0) is 24.6 Å². The van der Waals surface area contributed by atoms with Gasteiger partial charge in [-0.2, -0.15) is 12.6 Å². The summed E-state index contributed by atoms with van der Waals surface area (Å²) in [6, 6.07) is 6.38. The normalized spacial score (nSPS) is 13.1. The van der Waals surface area contributed by atoms with Crippen LogP contribution in [0.15, 0.2) is 24.3 Å². The summed E-state index contributed by atoms with van der Waals surface area (Å²) in [5.74, 6) is -0.197. The Balaban J connectivity index is 2.89. The van der Waals surface area contributed by atoms with Crippen LogP contribution in [-0.4, -0.2) is 0 Å². The number of hydrogen-bond donors (Lipinski definition) is 1. The lowest BCUT2D eigenvalue weighted by atomic mass is 10.2. The van der Waals surface area contributed by atoms with E-state index in [9.17, 15) is 4.39 Å². The summed E-state index contributed by atoms with van der Waals surface area (Å²) < 4.78 is 12.3. The SMILES string of the molecule is C[C@H](S)c1ccc(F)cc1. The van der Waals surface area contributed by atoms with E-state index in [-0.39, 0.29) is 11.1 Å². The van der Waals surface area contributed by atoms with Crippen LogP contribution in [0, 0.1) is 5.82 Å². The van der Waals surface area contributed by atoms with Crippen molar-refractivity contribution in [3.63, 3.8) is 0 Å². The third-order valence-corrected chi connectivity index (χ3v) is 1.65. The first kappa shape index (κ1) is 7.61. The van der Waals surface area contributed by atoms with Crippen LogP contribution >= 0.6 is 12.6 Å². The van der Waals surface area contributed by atoms with Crippen molar-refractivity contribution >= 4 is 12.6 Å². The first-order valence-electron chi connectivity index (χ1n) is 3.13. The van der Waals surface area contributed by atoms with Gasteiger partial charge in [0, 0.05) is 5.25 Å². The number of hydrogen-bond acceptors (Lipinski definition) is 1. The maximum atomic E-state index is 12.3. The Bertz CT molecular complexity index is 203. The van der Waals surface area contributed by atoms with Gasteiger partial charge >= 0.3 is 0 Å². The van der Waals surface area contributed by atoms with E-state index in [2.05, 4.69) is 12.6 Å². The number of rotatable bonds is 1. The van der Waals surface area contributed by atoms with Crippen molar-refractivity contribution in [3.05, 3.63) is 35.6 Å². The van der Waals surface area contributed by atoms with Gasteiger partial charge in [0.25, 0.3) is 0 Å². The average Bonchev–Trinajstić information content (AvgIpc) is 1.88. The van der Waals surface area contributed by atoms with Crippen molar-refractivity contribution in [2.75, 3.05) is 0 Å². The predicted molar refractivity (Wildman–Crippen MR) is 43.8 cm³/mol. The van der Waals surface area contributed by atoms with Crippen LogP contribution in [0.3, 0.4) is 0 Å². The molecule has 0 aliphatic heterocycles. The molecule has 2 heteroatoms. The number of thiol groups is 1. The van der Waals surface area contributed by atoms with Crippen LogP contribution in [0.5, 0.6) is 0 Å². The van der Waals surface area contributed by atoms with Gasteiger partial charge in [0.2, 0.25) is 0 Å². The topological polar surface area (TPSA) is 0 Å². The van der Waals surface area contributed by atoms with Gasteiger partial charge < -0.3 is 0 Å². The largest absolute Gasteiger partial charge is 0.207 e. The van der Waals surface area contributed by atoms with Gasteiger partial charge in [-0.1, -0.05) is 12.1 Å². The Hall–Kier alpha value is -0.500. The molecule has 0 saturated heterocycles. The molecule has 0 N–H and O–H groups in total. The van der Waals surface area contributed by atoms with Crippen molar-refractivity contribution in [1.82, 2.24) is 0 Å². The lowest BCUT2D eigenvalue weighted by molar-refractivity contribution is 0.627. The van der Waals surface area contributed by atoms with Crippen LogP contribution in [0.2, 0.25) is 0 Å². The summed E-state index contributed by atoms with van der Waals surface area (Å²) >= 11 is 4.20. The molecule has 1 rings (SSSR count). The third kappa shape index (κ3) is 1.74. The molecule has 0 bridgehead atoms. The molecule has 0 amide bonds. The molecule has 0 nitrogen and oxygen atoms in total. The molecule has 0 radical (unpaired) electrons. The van der Waals surface area contributed by atoms with E-state index in [4.69, 9.17) is 0 Å². The molecule has 1 aromatic rings. The fourth-order valence-corrected chi connectivity index (χ4v) is 0.913. The highest BCUT2D eigenvalue weighted by Gasteiger charge is 1.97. The minimum atomic E-state index is -0.197. The van der Waals surface area contributed by atoms with E-state index in [0.717, 1.165) is 5.56 Å². The van der Waals surface area contributed by atoms with E-state index < -0.39 is 0 Å². The quantitative estimate of drug-likeness (QED) is 0.594. The van der Waals surface area contributed by atoms with Crippen molar-refractivity contribution < 1.29 is 4.39 Å². The highest BCUT2D eigenvalue weighted by Crippen LogP contribution is 2.18. The van der Waals surface area contributed by atoms with E-state index >= 15 is 0 Å². The van der Waals surface area contributed by atoms with Crippen molar-refractivity contribution in [2.24, 2.45) is 0 Å². The smallest absolute Gasteiger partial charge is 0.123 e. The summed E-state index contributed by atoms with van der Waals surface area (Å²) in [6.45, 7) is 1.95. The van der Waals surface area contributed by atoms with Gasteiger partial charge in [0.15, 0.2) is 0 Å². The fourth-order valence-electron chi connectivity index (χ4n) is 0.741. The molecular weight excluding hydrogens is 147 g/mol. The molecule has 0 unspecified atom stereocenters. The van der Waals surface area contributed by atoms with Crippen molar-refractivity contribution in [2.45, 2.75) is 12.2 Å². The first-order chi connectivity index (χ1) is 4.70. The fraction of sp³-hybridized carbons (Fsp3) is 0.250. The first-order valence-corrected chi connectivity index (χ1v) is 3.65. The molecule has 0 aliphatic carbocycles. The van der Waals surface area contributed by atoms with E-state index in [1.54, 1.807) is 12.1 Å². The molecular formula is C8H9FS. The number of halogens is 1. The lowest BCUT2D eigenvalue weighted by Gasteiger charge is -2.01. The minimum absolute atomic E-state index is 0.181. The van der Waals surface area contributed by atoms with Gasteiger partial charge in [0.05, 0.1) is 0 Å². The molecule has 0 heterocycles. The minimum Gasteiger partial charge on any atom is -0.207 e. The van der Waals surface area contributed by atoms with Crippen LogP contribution in [-0.2, 0) is 0 Å². The van der Waals surface area contributed by atoms with Crippen LogP contribution in [0.1, 0.15) is 17.7 Å². The van der Waals surface area contributed by atoms with Crippen molar-refractivity contribution in [3.8, 4) is 0 Å². The predicted octanol–water partition coefficient (Wildman–Crippen LogP) is 2.82. The molecule has 10 heavy (non-hydrogen) atoms. The van der Waals surface area contributed by atoms with Crippen molar-refractivity contribution in [1.29, 1.82) is 0 Å². The summed E-state index contributed by atoms with van der Waals surface area (Å²) in [5.41, 5.74) is 1.05. The second kappa shape index (κ2) is 3.06. The maximum Gasteiger partial charge on any atom is 0.123 e. The summed E-state index contributed by atoms with van der Waals surface area (Å²) in [7, 11) is 0. The third-order valence-electron chi connectivity index (χ3n) is 1.35. The molecule has 0 fully saturated rings. The lowest BCUT2D eigenvalue weighted by Crippen LogP contribution is -1.83. The molecule has 0 aromatic heterocycles. The molecule has 0 spiro atoms. The Morgan fingerprint density at radius 1 is 1.30 bits per heavy atom. The van der Waals surface area contributed by atoms with Gasteiger partial charge in [-0.15, -0.1) is 0 Å². The molecule has 1 atom stereocenters. The number of benzene rings is 1. The molecule has 0 aliphatic rings. The zero-order chi connectivity index (χ0) is 7.56. The average molecular weight is 156 g/mol. The summed E-state index contributed by atoms with van der Waals surface area (Å²) in [4.78, 5) is 0. The molecule has 0 saturated carbocycles. The van der Waals surface area contributed by atoms with Crippen LogP contribution < -0.4 is 0 Å². The second-order valence-corrected chi connectivity index (χ2v) is 3.00. The summed E-state index contributed by atoms with van der Waals surface area (Å²) in [5, 5.41) is 0.181. The molecule has 1 aromatic carbocycles. The second-order valence-electron chi connectivity index (χ2n) is 2.23. The monoisotopic (exact) mass is 156 g/mol. The highest BCUT2D eigenvalue weighted by atomic mass is 32.1. The van der Waals surface area contributed by atoms with Gasteiger partial charge in [0.1, 0.15) is 5.82 Å².